The number of rotatable bonds is 2. The van der Waals surface area contributed by atoms with E-state index in [1.54, 1.807) is 5.57 Å². The third kappa shape index (κ3) is 1.87. The van der Waals surface area contributed by atoms with Crippen molar-refractivity contribution in [2.45, 2.75) is 58.0 Å². The van der Waals surface area contributed by atoms with Crippen LogP contribution in [0, 0.1) is 0 Å². The van der Waals surface area contributed by atoms with E-state index >= 15 is 0 Å². The Bertz CT molecular complexity index is 275. The highest BCUT2D eigenvalue weighted by molar-refractivity contribution is 5.35. The monoisotopic (exact) mass is 192 g/mol. The van der Waals surface area contributed by atoms with E-state index in [-0.39, 0.29) is 5.60 Å². The molecule has 1 aliphatic carbocycles. The van der Waals surface area contributed by atoms with Gasteiger partial charge in [-0.2, -0.15) is 0 Å². The maximum Gasteiger partial charge on any atom is 0.109 e. The molecule has 0 aromatic rings. The molecule has 0 bridgehead atoms. The van der Waals surface area contributed by atoms with E-state index in [9.17, 15) is 0 Å². The molecule has 14 heavy (non-hydrogen) atoms. The number of hydrogen-bond donors (Lipinski definition) is 0. The molecule has 0 amide bonds. The number of ether oxygens (including phenoxy) is 1. The molecule has 1 heteroatoms. The third-order valence-electron chi connectivity index (χ3n) is 3.28. The molecule has 78 valence electrons. The van der Waals surface area contributed by atoms with E-state index in [0.29, 0.717) is 0 Å². The Labute approximate surface area is 86.8 Å². The van der Waals surface area contributed by atoms with Crippen LogP contribution in [-0.4, -0.2) is 5.60 Å². The van der Waals surface area contributed by atoms with Crippen LogP contribution in [0.2, 0.25) is 0 Å². The van der Waals surface area contributed by atoms with Crippen LogP contribution in [0.5, 0.6) is 0 Å². The van der Waals surface area contributed by atoms with Gasteiger partial charge in [-0.05, 0) is 43.8 Å². The smallest absolute Gasteiger partial charge is 0.109 e. The molecule has 1 unspecified atom stereocenters. The van der Waals surface area contributed by atoms with Crippen molar-refractivity contribution in [3.05, 3.63) is 23.5 Å². The lowest BCUT2D eigenvalue weighted by Crippen LogP contribution is -2.31. The molecule has 2 rings (SSSR count). The molecule has 0 N–H and O–H groups in total. The Morgan fingerprint density at radius 1 is 1.43 bits per heavy atom. The fourth-order valence-electron chi connectivity index (χ4n) is 2.51. The quantitative estimate of drug-likeness (QED) is 0.643. The van der Waals surface area contributed by atoms with Crippen LogP contribution in [0.4, 0.5) is 0 Å². The average molecular weight is 192 g/mol. The first kappa shape index (κ1) is 9.82. The van der Waals surface area contributed by atoms with Crippen LogP contribution in [0.15, 0.2) is 23.5 Å². The van der Waals surface area contributed by atoms with Gasteiger partial charge in [-0.1, -0.05) is 19.4 Å². The summed E-state index contributed by atoms with van der Waals surface area (Å²) in [5.74, 6) is 0. The van der Waals surface area contributed by atoms with Crippen molar-refractivity contribution in [1.82, 2.24) is 0 Å². The fraction of sp³-hybridized carbons (Fsp3) is 0.692. The van der Waals surface area contributed by atoms with Crippen molar-refractivity contribution in [3.63, 3.8) is 0 Å². The van der Waals surface area contributed by atoms with Crippen LogP contribution in [0.25, 0.3) is 0 Å². The zero-order valence-electron chi connectivity index (χ0n) is 9.31. The molecule has 0 radical (unpaired) electrons. The van der Waals surface area contributed by atoms with Crippen molar-refractivity contribution >= 4 is 0 Å². The minimum atomic E-state index is 0.0709. The summed E-state index contributed by atoms with van der Waals surface area (Å²) in [6.45, 7) is 4.46. The highest BCUT2D eigenvalue weighted by Gasteiger charge is 2.31. The summed E-state index contributed by atoms with van der Waals surface area (Å²) in [7, 11) is 0. The molecule has 0 saturated heterocycles. The van der Waals surface area contributed by atoms with E-state index in [1.807, 2.05) is 6.26 Å². The van der Waals surface area contributed by atoms with Gasteiger partial charge in [-0.3, -0.25) is 0 Å². The molecule has 0 fully saturated rings. The maximum absolute atomic E-state index is 5.87. The van der Waals surface area contributed by atoms with Gasteiger partial charge in [0.25, 0.3) is 0 Å². The molecule has 1 aliphatic heterocycles. The summed E-state index contributed by atoms with van der Waals surface area (Å²) >= 11 is 0. The fourth-order valence-corrected chi connectivity index (χ4v) is 2.51. The minimum Gasteiger partial charge on any atom is -0.495 e. The van der Waals surface area contributed by atoms with Gasteiger partial charge in [-0.25, -0.2) is 0 Å². The Morgan fingerprint density at radius 3 is 3.07 bits per heavy atom. The van der Waals surface area contributed by atoms with Gasteiger partial charge in [0.15, 0.2) is 0 Å². The van der Waals surface area contributed by atoms with E-state index in [0.717, 1.165) is 12.8 Å². The first-order chi connectivity index (χ1) is 6.73. The van der Waals surface area contributed by atoms with E-state index in [1.165, 1.54) is 31.3 Å². The molecule has 0 aromatic carbocycles. The van der Waals surface area contributed by atoms with Gasteiger partial charge >= 0.3 is 0 Å². The SMILES string of the molecule is CCCC1(C)CC2=CCCCC2=CO1. The van der Waals surface area contributed by atoms with Gasteiger partial charge in [-0.15, -0.1) is 0 Å². The summed E-state index contributed by atoms with van der Waals surface area (Å²) in [6, 6.07) is 0. The molecule has 1 nitrogen and oxygen atoms in total. The van der Waals surface area contributed by atoms with Gasteiger partial charge in [0, 0.05) is 6.42 Å². The first-order valence-electron chi connectivity index (χ1n) is 5.80. The Kier molecular flexibility index (Phi) is 2.66. The Balaban J connectivity index is 2.14. The van der Waals surface area contributed by atoms with Crippen molar-refractivity contribution in [2.75, 3.05) is 0 Å². The van der Waals surface area contributed by atoms with Crippen molar-refractivity contribution < 1.29 is 4.74 Å². The van der Waals surface area contributed by atoms with Crippen molar-refractivity contribution in [1.29, 1.82) is 0 Å². The lowest BCUT2D eigenvalue weighted by molar-refractivity contribution is 0.0214. The summed E-state index contributed by atoms with van der Waals surface area (Å²) in [4.78, 5) is 0. The number of allylic oxidation sites excluding steroid dienone is 2. The van der Waals surface area contributed by atoms with Crippen LogP contribution in [0.3, 0.4) is 0 Å². The Hall–Kier alpha value is -0.720. The third-order valence-corrected chi connectivity index (χ3v) is 3.28. The second kappa shape index (κ2) is 3.80. The average Bonchev–Trinajstić information content (AvgIpc) is 2.17. The molecule has 1 heterocycles. The molecule has 2 aliphatic rings. The largest absolute Gasteiger partial charge is 0.495 e. The van der Waals surface area contributed by atoms with E-state index < -0.39 is 0 Å². The predicted octanol–water partition coefficient (Wildman–Crippen LogP) is 3.96. The van der Waals surface area contributed by atoms with Crippen LogP contribution >= 0.6 is 0 Å². The maximum atomic E-state index is 5.87. The highest BCUT2D eigenvalue weighted by atomic mass is 16.5. The highest BCUT2D eigenvalue weighted by Crippen LogP contribution is 2.38. The Morgan fingerprint density at radius 2 is 2.29 bits per heavy atom. The van der Waals surface area contributed by atoms with Gasteiger partial charge in [0.1, 0.15) is 5.60 Å². The zero-order chi connectivity index (χ0) is 10.0. The van der Waals surface area contributed by atoms with Crippen LogP contribution in [-0.2, 0) is 4.74 Å². The van der Waals surface area contributed by atoms with Gasteiger partial charge in [0.2, 0.25) is 0 Å². The van der Waals surface area contributed by atoms with Crippen molar-refractivity contribution in [3.8, 4) is 0 Å². The lowest BCUT2D eigenvalue weighted by Gasteiger charge is -2.36. The second-order valence-electron chi connectivity index (χ2n) is 4.76. The molecule has 0 saturated carbocycles. The van der Waals surface area contributed by atoms with Crippen LogP contribution < -0.4 is 0 Å². The van der Waals surface area contributed by atoms with E-state index in [4.69, 9.17) is 4.74 Å². The molecule has 1 atom stereocenters. The summed E-state index contributed by atoms with van der Waals surface area (Å²) in [5, 5.41) is 0. The first-order valence-corrected chi connectivity index (χ1v) is 5.80. The summed E-state index contributed by atoms with van der Waals surface area (Å²) in [5.41, 5.74) is 3.07. The van der Waals surface area contributed by atoms with Crippen LogP contribution in [0.1, 0.15) is 52.4 Å². The standard InChI is InChI=1S/C13H20O/c1-3-8-13(2)9-11-6-4-5-7-12(11)10-14-13/h6,10H,3-5,7-9H2,1-2H3. The summed E-state index contributed by atoms with van der Waals surface area (Å²) in [6.07, 6.45) is 11.7. The lowest BCUT2D eigenvalue weighted by atomic mass is 9.82. The normalized spacial score (nSPS) is 31.3. The molecule has 0 aromatic heterocycles. The molecular formula is C13H20O. The minimum absolute atomic E-state index is 0.0709. The second-order valence-corrected chi connectivity index (χ2v) is 4.76. The zero-order valence-corrected chi connectivity index (χ0v) is 9.31. The number of fused-ring (bicyclic) bond motifs is 1. The summed E-state index contributed by atoms with van der Waals surface area (Å²) < 4.78 is 5.87. The van der Waals surface area contributed by atoms with Crippen molar-refractivity contribution in [2.24, 2.45) is 0 Å². The topological polar surface area (TPSA) is 9.23 Å². The molecule has 0 spiro atoms. The predicted molar refractivity (Wildman–Crippen MR) is 59.0 cm³/mol. The van der Waals surface area contributed by atoms with E-state index in [2.05, 4.69) is 19.9 Å². The van der Waals surface area contributed by atoms with Gasteiger partial charge < -0.3 is 4.74 Å². The molecular weight excluding hydrogens is 172 g/mol. The number of hydrogen-bond acceptors (Lipinski definition) is 1. The van der Waals surface area contributed by atoms with Gasteiger partial charge in [0.05, 0.1) is 6.26 Å².